The number of thiocarbonyl (C=S) groups is 1. The van der Waals surface area contributed by atoms with Crippen LogP contribution in [0.15, 0.2) is 24.3 Å². The standard InChI is InChI=1S/C20H25N3OS2/c1-4-14-7-5-6-13(3)18(14)21-20(25)23-22-19(24)17-11-15-10-12(2)8-9-16(15)26-17/h5-7,11-12H,4,8-10H2,1-3H3,(H,22,24)(H2,21,23,25)/t12-/m1/s1. The Morgan fingerprint density at radius 2 is 2.15 bits per heavy atom. The summed E-state index contributed by atoms with van der Waals surface area (Å²) in [4.78, 5) is 14.5. The molecule has 6 heteroatoms. The molecule has 0 fully saturated rings. The smallest absolute Gasteiger partial charge is 0.279 e. The zero-order valence-electron chi connectivity index (χ0n) is 15.4. The molecule has 1 aromatic heterocycles. The molecule has 0 saturated carbocycles. The van der Waals surface area contributed by atoms with Crippen LogP contribution in [0.1, 0.15) is 51.5 Å². The number of para-hydroxylation sites is 1. The number of benzene rings is 1. The lowest BCUT2D eigenvalue weighted by atomic mass is 9.90. The first-order valence-electron chi connectivity index (χ1n) is 9.05. The SMILES string of the molecule is CCc1cccc(C)c1NC(=S)NNC(=O)c1cc2c(s1)CC[C@@H](C)C2. The quantitative estimate of drug-likeness (QED) is 0.541. The van der Waals surface area contributed by atoms with Crippen molar-refractivity contribution in [3.05, 3.63) is 50.7 Å². The highest BCUT2D eigenvalue weighted by atomic mass is 32.1. The van der Waals surface area contributed by atoms with E-state index in [1.165, 1.54) is 22.4 Å². The van der Waals surface area contributed by atoms with E-state index in [4.69, 9.17) is 12.2 Å². The van der Waals surface area contributed by atoms with Crippen molar-refractivity contribution >= 4 is 40.3 Å². The predicted molar refractivity (Wildman–Crippen MR) is 113 cm³/mol. The predicted octanol–water partition coefficient (Wildman–Crippen LogP) is 4.38. The Kier molecular flexibility index (Phi) is 5.94. The Morgan fingerprint density at radius 1 is 1.35 bits per heavy atom. The first-order valence-corrected chi connectivity index (χ1v) is 10.3. The van der Waals surface area contributed by atoms with Gasteiger partial charge in [-0.05, 0) is 73.5 Å². The van der Waals surface area contributed by atoms with Crippen LogP contribution in [0.2, 0.25) is 0 Å². The van der Waals surface area contributed by atoms with Gasteiger partial charge in [-0.15, -0.1) is 11.3 Å². The molecule has 3 N–H and O–H groups in total. The van der Waals surface area contributed by atoms with Gasteiger partial charge >= 0.3 is 0 Å². The molecule has 2 aromatic rings. The van der Waals surface area contributed by atoms with Crippen LogP contribution in [-0.4, -0.2) is 11.0 Å². The molecule has 0 saturated heterocycles. The fraction of sp³-hybridized carbons (Fsp3) is 0.400. The van der Waals surface area contributed by atoms with Gasteiger partial charge in [-0.3, -0.25) is 15.6 Å². The van der Waals surface area contributed by atoms with Crippen LogP contribution in [0.4, 0.5) is 5.69 Å². The third kappa shape index (κ3) is 4.24. The number of carbonyl (C=O) groups excluding carboxylic acids is 1. The molecule has 4 nitrogen and oxygen atoms in total. The lowest BCUT2D eigenvalue weighted by molar-refractivity contribution is 0.0948. The zero-order valence-corrected chi connectivity index (χ0v) is 17.1. The van der Waals surface area contributed by atoms with E-state index < -0.39 is 0 Å². The highest BCUT2D eigenvalue weighted by Crippen LogP contribution is 2.32. The number of nitrogens with one attached hydrogen (secondary N) is 3. The van der Waals surface area contributed by atoms with E-state index in [9.17, 15) is 4.79 Å². The van der Waals surface area contributed by atoms with Crippen LogP contribution in [0.25, 0.3) is 0 Å². The summed E-state index contributed by atoms with van der Waals surface area (Å²) in [5.74, 6) is 0.562. The number of thiophene rings is 1. The molecule has 3 rings (SSSR count). The van der Waals surface area contributed by atoms with Crippen molar-refractivity contribution in [2.75, 3.05) is 5.32 Å². The van der Waals surface area contributed by atoms with Crippen molar-refractivity contribution in [3.63, 3.8) is 0 Å². The Balaban J connectivity index is 1.59. The van der Waals surface area contributed by atoms with Gasteiger partial charge in [0.05, 0.1) is 4.88 Å². The molecule has 1 aromatic carbocycles. The summed E-state index contributed by atoms with van der Waals surface area (Å²) in [5.41, 5.74) is 10.2. The van der Waals surface area contributed by atoms with Gasteiger partial charge in [-0.1, -0.05) is 32.0 Å². The molecule has 0 unspecified atom stereocenters. The second-order valence-corrected chi connectivity index (χ2v) is 8.45. The number of aryl methyl sites for hydroxylation is 3. The van der Waals surface area contributed by atoms with Gasteiger partial charge in [0.1, 0.15) is 0 Å². The Bertz CT molecular complexity index is 828. The van der Waals surface area contributed by atoms with Crippen molar-refractivity contribution in [3.8, 4) is 0 Å². The molecule has 1 aliphatic carbocycles. The average Bonchev–Trinajstić information content (AvgIpc) is 3.04. The molecular formula is C20H25N3OS2. The monoisotopic (exact) mass is 387 g/mol. The Morgan fingerprint density at radius 3 is 2.92 bits per heavy atom. The summed E-state index contributed by atoms with van der Waals surface area (Å²) in [6.07, 6.45) is 4.27. The van der Waals surface area contributed by atoms with Gasteiger partial charge in [0, 0.05) is 10.6 Å². The van der Waals surface area contributed by atoms with E-state index in [2.05, 4.69) is 36.1 Å². The highest BCUT2D eigenvalue weighted by Gasteiger charge is 2.20. The van der Waals surface area contributed by atoms with Gasteiger partial charge in [-0.2, -0.15) is 0 Å². The molecular weight excluding hydrogens is 362 g/mol. The van der Waals surface area contributed by atoms with E-state index in [0.717, 1.165) is 35.4 Å². The summed E-state index contributed by atoms with van der Waals surface area (Å²) in [7, 11) is 0. The van der Waals surface area contributed by atoms with Gasteiger partial charge in [0.25, 0.3) is 5.91 Å². The summed E-state index contributed by atoms with van der Waals surface area (Å²) in [6, 6.07) is 8.18. The first kappa shape index (κ1) is 18.9. The lowest BCUT2D eigenvalue weighted by Gasteiger charge is -2.16. The fourth-order valence-corrected chi connectivity index (χ4v) is 4.60. The molecule has 1 heterocycles. The van der Waals surface area contributed by atoms with Crippen molar-refractivity contribution < 1.29 is 4.79 Å². The van der Waals surface area contributed by atoms with E-state index in [-0.39, 0.29) is 5.91 Å². The van der Waals surface area contributed by atoms with Crippen LogP contribution >= 0.6 is 23.6 Å². The molecule has 0 radical (unpaired) electrons. The maximum absolute atomic E-state index is 12.4. The minimum absolute atomic E-state index is 0.137. The number of anilines is 1. The van der Waals surface area contributed by atoms with Crippen LogP contribution in [0.3, 0.4) is 0 Å². The highest BCUT2D eigenvalue weighted by molar-refractivity contribution is 7.80. The molecule has 0 bridgehead atoms. The van der Waals surface area contributed by atoms with E-state index in [1.807, 2.05) is 25.1 Å². The molecule has 1 atom stereocenters. The number of rotatable bonds is 3. The number of hydrogen-bond acceptors (Lipinski definition) is 3. The van der Waals surface area contributed by atoms with Gasteiger partial charge < -0.3 is 5.32 Å². The summed E-state index contributed by atoms with van der Waals surface area (Å²) in [5, 5.41) is 3.59. The molecule has 1 amide bonds. The van der Waals surface area contributed by atoms with Crippen LogP contribution in [-0.2, 0) is 19.3 Å². The van der Waals surface area contributed by atoms with Crippen molar-refractivity contribution in [1.29, 1.82) is 0 Å². The number of carbonyl (C=O) groups is 1. The number of hydrazine groups is 1. The Labute approximate surface area is 164 Å². The number of amides is 1. The summed E-state index contributed by atoms with van der Waals surface area (Å²) < 4.78 is 0. The van der Waals surface area contributed by atoms with E-state index in [0.29, 0.717) is 11.0 Å². The summed E-state index contributed by atoms with van der Waals surface area (Å²) in [6.45, 7) is 6.42. The number of fused-ring (bicyclic) bond motifs is 1. The molecule has 0 spiro atoms. The van der Waals surface area contributed by atoms with E-state index >= 15 is 0 Å². The zero-order chi connectivity index (χ0) is 18.7. The van der Waals surface area contributed by atoms with Gasteiger partial charge in [-0.25, -0.2) is 0 Å². The maximum atomic E-state index is 12.4. The van der Waals surface area contributed by atoms with Crippen molar-refractivity contribution in [2.24, 2.45) is 5.92 Å². The van der Waals surface area contributed by atoms with Crippen LogP contribution in [0.5, 0.6) is 0 Å². The van der Waals surface area contributed by atoms with Crippen LogP contribution < -0.4 is 16.2 Å². The van der Waals surface area contributed by atoms with Crippen molar-refractivity contribution in [1.82, 2.24) is 10.9 Å². The molecule has 0 aliphatic heterocycles. The Hall–Kier alpha value is -1.92. The molecule has 26 heavy (non-hydrogen) atoms. The largest absolute Gasteiger partial charge is 0.331 e. The van der Waals surface area contributed by atoms with Gasteiger partial charge in [0.15, 0.2) is 5.11 Å². The fourth-order valence-electron chi connectivity index (χ4n) is 3.34. The normalized spacial score (nSPS) is 15.9. The molecule has 1 aliphatic rings. The third-order valence-electron chi connectivity index (χ3n) is 4.82. The topological polar surface area (TPSA) is 53.2 Å². The van der Waals surface area contributed by atoms with Crippen LogP contribution in [0, 0.1) is 12.8 Å². The average molecular weight is 388 g/mol. The minimum atomic E-state index is -0.137. The minimum Gasteiger partial charge on any atom is -0.331 e. The maximum Gasteiger partial charge on any atom is 0.279 e. The second-order valence-electron chi connectivity index (χ2n) is 6.90. The lowest BCUT2D eigenvalue weighted by Crippen LogP contribution is -2.43. The number of hydrogen-bond donors (Lipinski definition) is 3. The summed E-state index contributed by atoms with van der Waals surface area (Å²) >= 11 is 6.93. The third-order valence-corrected chi connectivity index (χ3v) is 6.26. The van der Waals surface area contributed by atoms with E-state index in [1.54, 1.807) is 11.3 Å². The first-order chi connectivity index (χ1) is 12.5. The van der Waals surface area contributed by atoms with Gasteiger partial charge in [0.2, 0.25) is 0 Å². The second kappa shape index (κ2) is 8.18. The molecule has 138 valence electrons. The van der Waals surface area contributed by atoms with Crippen molar-refractivity contribution in [2.45, 2.75) is 46.5 Å².